The molecule has 3 heterocycles. The summed E-state index contributed by atoms with van der Waals surface area (Å²) in [4.78, 5) is 0.149. The van der Waals surface area contributed by atoms with Crippen molar-refractivity contribution >= 4 is 21.6 Å². The van der Waals surface area contributed by atoms with E-state index in [0.29, 0.717) is 51.0 Å². The molecule has 2 atom stereocenters. The van der Waals surface area contributed by atoms with Gasteiger partial charge in [-0.3, -0.25) is 0 Å². The summed E-state index contributed by atoms with van der Waals surface area (Å²) in [6, 6.07) is 10.7. The van der Waals surface area contributed by atoms with Crippen LogP contribution in [0.1, 0.15) is 0 Å². The fourth-order valence-corrected chi connectivity index (χ4v) is 6.16. The normalized spacial score (nSPS) is 24.3. The fraction of sp³-hybridized carbons (Fsp3) is 0.400. The Labute approximate surface area is 169 Å². The van der Waals surface area contributed by atoms with Crippen LogP contribution < -0.4 is 9.47 Å². The van der Waals surface area contributed by atoms with E-state index >= 15 is 0 Å². The number of nitrogens with zero attached hydrogens (tertiary/aromatic N) is 1. The summed E-state index contributed by atoms with van der Waals surface area (Å²) in [5, 5.41) is 0.223. The number of ether oxygens (including phenoxy) is 3. The molecule has 5 rings (SSSR count). The molecule has 6 nitrogen and oxygen atoms in total. The van der Waals surface area contributed by atoms with Gasteiger partial charge in [0.25, 0.3) is 0 Å². The van der Waals surface area contributed by atoms with Gasteiger partial charge in [-0.2, -0.15) is 4.31 Å². The molecule has 8 heteroatoms. The van der Waals surface area contributed by atoms with Crippen molar-refractivity contribution in [3.8, 4) is 22.6 Å². The number of benzene rings is 2. The molecule has 2 fully saturated rings. The Hall–Kier alpha value is -1.80. The number of hydrogen-bond donors (Lipinski definition) is 0. The molecule has 0 radical (unpaired) electrons. The van der Waals surface area contributed by atoms with Crippen LogP contribution in [0.25, 0.3) is 11.1 Å². The molecule has 3 aliphatic heterocycles. The lowest BCUT2D eigenvalue weighted by Gasteiger charge is -2.20. The third-order valence-electron chi connectivity index (χ3n) is 5.63. The van der Waals surface area contributed by atoms with Gasteiger partial charge >= 0.3 is 0 Å². The second kappa shape index (κ2) is 6.91. The zero-order chi connectivity index (χ0) is 19.3. The summed E-state index contributed by atoms with van der Waals surface area (Å²) >= 11 is 6.42. The van der Waals surface area contributed by atoms with Crippen molar-refractivity contribution < 1.29 is 22.6 Å². The highest BCUT2D eigenvalue weighted by molar-refractivity contribution is 7.89. The van der Waals surface area contributed by atoms with Crippen LogP contribution in [0, 0.1) is 11.8 Å². The van der Waals surface area contributed by atoms with Gasteiger partial charge in [0.05, 0.1) is 18.2 Å². The molecular weight excluding hydrogens is 402 g/mol. The summed E-state index contributed by atoms with van der Waals surface area (Å²) < 4.78 is 44.3. The predicted molar refractivity (Wildman–Crippen MR) is 104 cm³/mol. The van der Waals surface area contributed by atoms with E-state index in [4.69, 9.17) is 25.8 Å². The van der Waals surface area contributed by atoms with E-state index < -0.39 is 10.0 Å². The molecule has 0 unspecified atom stereocenters. The van der Waals surface area contributed by atoms with Crippen LogP contribution in [-0.2, 0) is 14.8 Å². The first kappa shape index (κ1) is 18.2. The Kier molecular flexibility index (Phi) is 4.50. The van der Waals surface area contributed by atoms with Gasteiger partial charge in [0.15, 0.2) is 11.5 Å². The zero-order valence-corrected chi connectivity index (χ0v) is 16.7. The standard InChI is InChI=1S/C20H20ClNO5S/c21-17-7-13(14-1-3-18-19(8-14)27-6-5-26-18)2-4-20(17)28(23,24)22-9-15-11-25-12-16(15)10-22/h1-4,7-8,15-16H,5-6,9-12H2/t15-,16+. The third-order valence-corrected chi connectivity index (χ3v) is 7.95. The summed E-state index contributed by atoms with van der Waals surface area (Å²) in [6.45, 7) is 3.30. The van der Waals surface area contributed by atoms with Gasteiger partial charge in [0.2, 0.25) is 10.0 Å². The van der Waals surface area contributed by atoms with Crippen LogP contribution in [0.4, 0.5) is 0 Å². The maximum Gasteiger partial charge on any atom is 0.244 e. The van der Waals surface area contributed by atoms with Crippen molar-refractivity contribution in [1.82, 2.24) is 4.31 Å². The van der Waals surface area contributed by atoms with Gasteiger partial charge in [-0.05, 0) is 35.4 Å². The van der Waals surface area contributed by atoms with E-state index in [1.54, 1.807) is 18.2 Å². The lowest BCUT2D eigenvalue weighted by Crippen LogP contribution is -2.30. The second-order valence-electron chi connectivity index (χ2n) is 7.38. The Morgan fingerprint density at radius 2 is 1.54 bits per heavy atom. The minimum atomic E-state index is -3.62. The van der Waals surface area contributed by atoms with E-state index in [1.807, 2.05) is 18.2 Å². The topological polar surface area (TPSA) is 65.1 Å². The highest BCUT2D eigenvalue weighted by Crippen LogP contribution is 2.38. The average molecular weight is 422 g/mol. The number of sulfonamides is 1. The lowest BCUT2D eigenvalue weighted by molar-refractivity contribution is 0.168. The van der Waals surface area contributed by atoms with Gasteiger partial charge in [-0.25, -0.2) is 8.42 Å². The quantitative estimate of drug-likeness (QED) is 0.762. The highest BCUT2D eigenvalue weighted by atomic mass is 35.5. The van der Waals surface area contributed by atoms with Crippen molar-refractivity contribution in [2.24, 2.45) is 11.8 Å². The Morgan fingerprint density at radius 3 is 2.25 bits per heavy atom. The van der Waals surface area contributed by atoms with Crippen LogP contribution in [0.3, 0.4) is 0 Å². The summed E-state index contributed by atoms with van der Waals surface area (Å²) in [5.74, 6) is 1.96. The first-order valence-corrected chi connectivity index (χ1v) is 11.1. The first-order chi connectivity index (χ1) is 13.5. The molecular formula is C20H20ClNO5S. The number of rotatable bonds is 3. The number of hydrogen-bond acceptors (Lipinski definition) is 5. The van der Waals surface area contributed by atoms with Crippen molar-refractivity contribution in [2.75, 3.05) is 39.5 Å². The number of fused-ring (bicyclic) bond motifs is 2. The molecule has 0 aromatic heterocycles. The van der Waals surface area contributed by atoms with E-state index in [2.05, 4.69) is 0 Å². The van der Waals surface area contributed by atoms with Gasteiger partial charge in [-0.15, -0.1) is 0 Å². The van der Waals surface area contributed by atoms with Gasteiger partial charge < -0.3 is 14.2 Å². The summed E-state index contributed by atoms with van der Waals surface area (Å²) in [6.07, 6.45) is 0. The van der Waals surface area contributed by atoms with Gasteiger partial charge in [0.1, 0.15) is 18.1 Å². The van der Waals surface area contributed by atoms with E-state index in [-0.39, 0.29) is 21.8 Å². The Morgan fingerprint density at radius 1 is 0.893 bits per heavy atom. The van der Waals surface area contributed by atoms with E-state index in [9.17, 15) is 8.42 Å². The maximum atomic E-state index is 13.1. The average Bonchev–Trinajstić information content (AvgIpc) is 3.30. The SMILES string of the molecule is O=S(=O)(c1ccc(-c2ccc3c(c2)OCCO3)cc1Cl)N1C[C@H]2COC[C@H]2C1. The van der Waals surface area contributed by atoms with Crippen LogP contribution in [0.5, 0.6) is 11.5 Å². The zero-order valence-electron chi connectivity index (χ0n) is 15.1. The fourth-order valence-electron chi connectivity index (χ4n) is 4.09. The third kappa shape index (κ3) is 3.06. The molecule has 28 heavy (non-hydrogen) atoms. The highest BCUT2D eigenvalue weighted by Gasteiger charge is 2.42. The van der Waals surface area contributed by atoms with Crippen LogP contribution in [0.15, 0.2) is 41.3 Å². The van der Waals surface area contributed by atoms with Gasteiger partial charge in [-0.1, -0.05) is 23.7 Å². The molecule has 0 bridgehead atoms. The monoisotopic (exact) mass is 421 g/mol. The van der Waals surface area contributed by atoms with Crippen molar-refractivity contribution in [3.63, 3.8) is 0 Å². The molecule has 0 aliphatic carbocycles. The van der Waals surface area contributed by atoms with Crippen LogP contribution in [0.2, 0.25) is 5.02 Å². The molecule has 0 N–H and O–H groups in total. The molecule has 0 saturated carbocycles. The van der Waals surface area contributed by atoms with Crippen molar-refractivity contribution in [3.05, 3.63) is 41.4 Å². The summed E-state index contributed by atoms with van der Waals surface area (Å²) in [7, 11) is -3.62. The molecule has 3 aliphatic rings. The van der Waals surface area contributed by atoms with Crippen LogP contribution >= 0.6 is 11.6 Å². The minimum Gasteiger partial charge on any atom is -0.486 e. The van der Waals surface area contributed by atoms with E-state index in [0.717, 1.165) is 11.1 Å². The smallest absolute Gasteiger partial charge is 0.244 e. The van der Waals surface area contributed by atoms with Crippen molar-refractivity contribution in [1.29, 1.82) is 0 Å². The number of halogens is 1. The Bertz CT molecular complexity index is 1010. The first-order valence-electron chi connectivity index (χ1n) is 9.30. The predicted octanol–water partition coefficient (Wildman–Crippen LogP) is 3.05. The van der Waals surface area contributed by atoms with E-state index in [1.165, 1.54) is 4.31 Å². The molecule has 0 amide bonds. The molecule has 148 valence electrons. The molecule has 2 aromatic rings. The largest absolute Gasteiger partial charge is 0.486 e. The van der Waals surface area contributed by atoms with Gasteiger partial charge in [0, 0.05) is 24.9 Å². The summed E-state index contributed by atoms with van der Waals surface area (Å²) in [5.41, 5.74) is 1.72. The maximum absolute atomic E-state index is 13.1. The molecule has 2 saturated heterocycles. The lowest BCUT2D eigenvalue weighted by atomic mass is 10.0. The second-order valence-corrected chi connectivity index (χ2v) is 9.70. The molecule has 2 aromatic carbocycles. The van der Waals surface area contributed by atoms with Crippen LogP contribution in [-0.4, -0.2) is 52.2 Å². The Balaban J connectivity index is 1.43. The molecule has 0 spiro atoms. The minimum absolute atomic E-state index is 0.149. The van der Waals surface area contributed by atoms with Crippen molar-refractivity contribution in [2.45, 2.75) is 4.90 Å².